The zero-order valence-corrected chi connectivity index (χ0v) is 22.2. The van der Waals surface area contributed by atoms with Gasteiger partial charge < -0.3 is 13.8 Å². The Morgan fingerprint density at radius 2 is 1.20 bits per heavy atom. The Labute approximate surface area is 206 Å². The molecular formula is C28H34SiZr. The van der Waals surface area contributed by atoms with Crippen LogP contribution in [0.3, 0.4) is 0 Å². The molecule has 1 heterocycles. The number of allylic oxidation sites excluding steroid dienone is 2. The molecular weight excluding hydrogens is 456 g/mol. The van der Waals surface area contributed by atoms with Gasteiger partial charge in [-0.1, -0.05) is 122 Å². The molecule has 0 aromatic heterocycles. The first-order valence-electron chi connectivity index (χ1n) is 11.0. The first-order chi connectivity index (χ1) is 13.8. The minimum absolute atomic E-state index is 0. The van der Waals surface area contributed by atoms with E-state index < -0.39 is 0 Å². The molecule has 1 saturated heterocycles. The van der Waals surface area contributed by atoms with Gasteiger partial charge in [-0.3, -0.25) is 0 Å². The van der Waals surface area contributed by atoms with Crippen LogP contribution in [0.25, 0.3) is 12.2 Å². The van der Waals surface area contributed by atoms with Gasteiger partial charge in [0.1, 0.15) is 0 Å². The van der Waals surface area contributed by atoms with Crippen molar-refractivity contribution in [2.45, 2.75) is 63.5 Å². The Morgan fingerprint density at radius 1 is 0.767 bits per heavy atom. The third kappa shape index (κ3) is 5.43. The molecule has 2 aliphatic carbocycles. The van der Waals surface area contributed by atoms with Crippen LogP contribution in [0.15, 0.2) is 59.7 Å². The van der Waals surface area contributed by atoms with Gasteiger partial charge in [0.2, 0.25) is 0 Å². The largest absolute Gasteiger partial charge is 2.00 e. The fourth-order valence-electron chi connectivity index (χ4n) is 4.75. The number of fused-ring (bicyclic) bond motifs is 2. The zero-order chi connectivity index (χ0) is 19.3. The molecule has 0 saturated carbocycles. The van der Waals surface area contributed by atoms with E-state index in [-0.39, 0.29) is 33.6 Å². The monoisotopic (exact) mass is 488 g/mol. The first kappa shape index (κ1) is 25.3. The molecule has 3 aliphatic rings. The molecule has 0 nitrogen and oxygen atoms in total. The molecule has 2 aromatic rings. The molecule has 0 bridgehead atoms. The molecule has 154 valence electrons. The zero-order valence-electron chi connectivity index (χ0n) is 18.7. The van der Waals surface area contributed by atoms with Crippen molar-refractivity contribution in [3.05, 3.63) is 95.8 Å². The number of rotatable bonds is 4. The van der Waals surface area contributed by atoms with Crippen LogP contribution in [-0.4, -0.2) is 9.52 Å². The van der Waals surface area contributed by atoms with Crippen LogP contribution in [-0.2, 0) is 26.2 Å². The van der Waals surface area contributed by atoms with Gasteiger partial charge in [-0.15, -0.1) is 11.8 Å². The van der Waals surface area contributed by atoms with E-state index in [4.69, 9.17) is 0 Å². The second-order valence-electron chi connectivity index (χ2n) is 8.01. The van der Waals surface area contributed by atoms with E-state index in [0.717, 1.165) is 12.8 Å². The maximum atomic E-state index is 2.59. The van der Waals surface area contributed by atoms with Gasteiger partial charge in [-0.05, 0) is 24.0 Å². The van der Waals surface area contributed by atoms with Gasteiger partial charge in [0.05, 0.1) is 0 Å². The maximum Gasteiger partial charge on any atom is 2.00 e. The first-order valence-corrected chi connectivity index (χ1v) is 12.4. The summed E-state index contributed by atoms with van der Waals surface area (Å²) in [5, 5.41) is 0. The third-order valence-corrected chi connectivity index (χ3v) is 7.72. The van der Waals surface area contributed by atoms with E-state index in [0.29, 0.717) is 11.8 Å². The van der Waals surface area contributed by atoms with Crippen LogP contribution in [0.4, 0.5) is 0 Å². The van der Waals surface area contributed by atoms with Gasteiger partial charge in [0.15, 0.2) is 0 Å². The van der Waals surface area contributed by atoms with Crippen LogP contribution >= 0.6 is 0 Å². The summed E-state index contributed by atoms with van der Waals surface area (Å²) in [5.74, 6) is 0.921. The predicted octanol–water partition coefficient (Wildman–Crippen LogP) is 8.14. The Morgan fingerprint density at radius 3 is 1.57 bits per heavy atom. The van der Waals surface area contributed by atoms with E-state index in [9.17, 15) is 0 Å². The smallest absolute Gasteiger partial charge is 0.358 e. The third-order valence-electron chi connectivity index (χ3n) is 6.30. The van der Waals surface area contributed by atoms with Crippen LogP contribution in [0, 0.1) is 13.8 Å². The minimum atomic E-state index is 0. The molecule has 5 rings (SSSR count). The van der Waals surface area contributed by atoms with Crippen LogP contribution < -0.4 is 0 Å². The number of benzene rings is 2. The van der Waals surface area contributed by atoms with Gasteiger partial charge in [0, 0.05) is 9.52 Å². The van der Waals surface area contributed by atoms with Crippen LogP contribution in [0.5, 0.6) is 0 Å². The number of hydrogen-bond acceptors (Lipinski definition) is 0. The summed E-state index contributed by atoms with van der Waals surface area (Å²) in [6, 6.07) is 20.8. The van der Waals surface area contributed by atoms with E-state index in [1.807, 2.05) is 0 Å². The summed E-state index contributed by atoms with van der Waals surface area (Å²) in [6.07, 6.45) is 12.6. The fraction of sp³-hybridized carbons (Fsp3) is 0.357. The van der Waals surface area contributed by atoms with Crippen molar-refractivity contribution in [3.63, 3.8) is 0 Å². The molecule has 2 radical (unpaired) electrons. The SMILES string of the molecule is C1CC[Si]C1.CCC1=Cc2ccccc2C1[CH-]C1C(CC)=Cc2ccccc21.[CH3-].[Zr+2]. The van der Waals surface area contributed by atoms with Crippen molar-refractivity contribution in [3.8, 4) is 0 Å². The summed E-state index contributed by atoms with van der Waals surface area (Å²) in [7, 11) is 1.31. The predicted molar refractivity (Wildman–Crippen MR) is 130 cm³/mol. The van der Waals surface area contributed by atoms with E-state index in [1.165, 1.54) is 56.7 Å². The van der Waals surface area contributed by atoms with Crippen molar-refractivity contribution in [2.75, 3.05) is 0 Å². The molecule has 30 heavy (non-hydrogen) atoms. The average Bonchev–Trinajstić information content (AvgIpc) is 3.49. The summed E-state index contributed by atoms with van der Waals surface area (Å²) in [5.41, 5.74) is 8.85. The van der Waals surface area contributed by atoms with Crippen molar-refractivity contribution in [1.82, 2.24) is 0 Å². The summed E-state index contributed by atoms with van der Waals surface area (Å²) in [6.45, 7) is 4.55. The standard InChI is InChI=1S/C23H23.C4H8Si.CH3.Zr/c1-3-16-13-18-9-5-7-11-20(18)22(16)15-23-17(4-2)14-19-10-6-8-12-21(19)23;1-2-4-5-3-1;;/h5-15,22-23H,3-4H2,1-2H3;1-4H2;1H3;/q-1;;-1;+2. The van der Waals surface area contributed by atoms with Gasteiger partial charge >= 0.3 is 26.2 Å². The van der Waals surface area contributed by atoms with Crippen LogP contribution in [0.2, 0.25) is 12.1 Å². The van der Waals surface area contributed by atoms with Gasteiger partial charge in [0.25, 0.3) is 0 Å². The average molecular weight is 490 g/mol. The molecule has 2 atom stereocenters. The second-order valence-corrected chi connectivity index (χ2v) is 9.51. The van der Waals surface area contributed by atoms with E-state index in [1.54, 1.807) is 11.1 Å². The Kier molecular flexibility index (Phi) is 10.2. The van der Waals surface area contributed by atoms with Crippen molar-refractivity contribution < 1.29 is 26.2 Å². The molecule has 0 amide bonds. The normalized spacial score (nSPS) is 20.6. The Hall–Kier alpha value is -0.980. The summed E-state index contributed by atoms with van der Waals surface area (Å²) >= 11 is 0. The molecule has 2 heteroatoms. The molecule has 1 fully saturated rings. The summed E-state index contributed by atoms with van der Waals surface area (Å²) in [4.78, 5) is 0. The van der Waals surface area contributed by atoms with E-state index >= 15 is 0 Å². The number of hydrogen-bond donors (Lipinski definition) is 0. The van der Waals surface area contributed by atoms with Crippen LogP contribution in [0.1, 0.15) is 73.6 Å². The van der Waals surface area contributed by atoms with Crippen molar-refractivity contribution >= 4 is 21.7 Å². The maximum absolute atomic E-state index is 2.59. The Bertz CT molecular complexity index is 801. The molecule has 2 aromatic carbocycles. The van der Waals surface area contributed by atoms with Gasteiger partial charge in [-0.25, -0.2) is 0 Å². The topological polar surface area (TPSA) is 0 Å². The quantitative estimate of drug-likeness (QED) is 0.300. The minimum Gasteiger partial charge on any atom is -0.358 e. The van der Waals surface area contributed by atoms with Crippen molar-refractivity contribution in [1.29, 1.82) is 0 Å². The fourth-order valence-corrected chi connectivity index (χ4v) is 6.00. The van der Waals surface area contributed by atoms with Gasteiger partial charge in [-0.2, -0.15) is 0 Å². The Balaban J connectivity index is 0.000000404. The molecule has 0 spiro atoms. The van der Waals surface area contributed by atoms with E-state index in [2.05, 4.69) is 81.0 Å². The van der Waals surface area contributed by atoms with Crippen molar-refractivity contribution in [2.24, 2.45) is 0 Å². The summed E-state index contributed by atoms with van der Waals surface area (Å²) < 4.78 is 0. The molecule has 2 unspecified atom stereocenters. The molecule has 0 N–H and O–H groups in total. The second kappa shape index (κ2) is 12.2. The molecule has 1 aliphatic heterocycles.